The van der Waals surface area contributed by atoms with Gasteiger partial charge < -0.3 is 15.2 Å². The van der Waals surface area contributed by atoms with Crippen molar-refractivity contribution in [2.24, 2.45) is 5.73 Å². The molecule has 8 rings (SSSR count). The Balaban J connectivity index is 0.000000177. The second-order valence-electron chi connectivity index (χ2n) is 13.2. The van der Waals surface area contributed by atoms with Gasteiger partial charge in [-0.25, -0.2) is 44.7 Å². The zero-order valence-corrected chi connectivity index (χ0v) is 33.4. The van der Waals surface area contributed by atoms with Gasteiger partial charge in [-0.3, -0.25) is 5.41 Å². The average molecular weight is 815 g/mol. The van der Waals surface area contributed by atoms with Crippen LogP contribution in [0.1, 0.15) is 39.7 Å². The molecule has 0 aliphatic carbocycles. The summed E-state index contributed by atoms with van der Waals surface area (Å²) in [7, 11) is -4.37. The minimum absolute atomic E-state index is 0.178. The number of hydrogen-bond donors (Lipinski definition) is 2. The number of methoxy groups -OCH3 is 2. The van der Waals surface area contributed by atoms with Crippen LogP contribution in [0.4, 0.5) is 0 Å². The van der Waals surface area contributed by atoms with Crippen molar-refractivity contribution < 1.29 is 26.3 Å². The number of nitrogens with one attached hydrogen (secondary N) is 1. The molecule has 1 unspecified atom stereocenters. The lowest BCUT2D eigenvalue weighted by Gasteiger charge is -2.12. The van der Waals surface area contributed by atoms with Crippen LogP contribution in [0.25, 0.3) is 22.3 Å². The minimum Gasteiger partial charge on any atom is -0.497 e. The van der Waals surface area contributed by atoms with Crippen molar-refractivity contribution in [1.82, 2.24) is 27.9 Å². The molecule has 0 amide bonds. The number of ether oxygens (including phenoxy) is 2. The molecular weight excluding hydrogens is 777 g/mol. The van der Waals surface area contributed by atoms with Crippen LogP contribution in [0.5, 0.6) is 11.5 Å². The topological polar surface area (TPSA) is 198 Å². The number of benzene rings is 4. The molecule has 0 aliphatic heterocycles. The van der Waals surface area contributed by atoms with Crippen molar-refractivity contribution in [3.63, 3.8) is 0 Å². The molecule has 0 spiro atoms. The average Bonchev–Trinajstić information content (AvgIpc) is 3.89. The summed E-state index contributed by atoms with van der Waals surface area (Å²) < 4.78 is 64.4. The number of rotatable bonds is 10. The van der Waals surface area contributed by atoms with E-state index in [-0.39, 0.29) is 26.8 Å². The SMILES string of the molecule is COc1ccc(C(=N)c2cnc3c(ccn3S(=O)(=O)c3ccc(C)cc3)n2)cc1.COc1ccc(C(N)c2cnc3c(ccn3S(=O)(=O)c3ccc(C)cc3)n2)cc1. The van der Waals surface area contributed by atoms with Crippen molar-refractivity contribution in [2.45, 2.75) is 29.7 Å². The summed E-state index contributed by atoms with van der Waals surface area (Å²) in [6.45, 7) is 3.80. The summed E-state index contributed by atoms with van der Waals surface area (Å²) in [5.41, 5.74) is 12.2. The Morgan fingerprint density at radius 3 is 1.55 bits per heavy atom. The van der Waals surface area contributed by atoms with E-state index in [4.69, 9.17) is 20.6 Å². The number of aryl methyl sites for hydroxylation is 2. The number of aromatic nitrogens is 6. The molecule has 1 atom stereocenters. The molecule has 14 nitrogen and oxygen atoms in total. The predicted octanol–water partition coefficient (Wildman–Crippen LogP) is 6.43. The Bertz CT molecular complexity index is 2980. The molecule has 58 heavy (non-hydrogen) atoms. The summed E-state index contributed by atoms with van der Waals surface area (Å²) in [5, 5.41) is 8.39. The first-order valence-corrected chi connectivity index (χ1v) is 20.6. The zero-order valence-electron chi connectivity index (χ0n) is 31.8. The quantitative estimate of drug-likeness (QED) is 0.144. The molecule has 0 saturated heterocycles. The molecule has 16 heteroatoms. The fraction of sp³-hybridized carbons (Fsp3) is 0.119. The van der Waals surface area contributed by atoms with Crippen molar-refractivity contribution in [3.05, 3.63) is 168 Å². The normalized spacial score (nSPS) is 12.2. The molecule has 3 N–H and O–H groups in total. The fourth-order valence-electron chi connectivity index (χ4n) is 5.98. The Hall–Kier alpha value is -6.75. The van der Waals surface area contributed by atoms with Gasteiger partial charge in [0.25, 0.3) is 20.0 Å². The third-order valence-electron chi connectivity index (χ3n) is 9.31. The van der Waals surface area contributed by atoms with E-state index in [1.165, 1.54) is 24.8 Å². The van der Waals surface area contributed by atoms with Gasteiger partial charge in [0.1, 0.15) is 28.2 Å². The summed E-state index contributed by atoms with van der Waals surface area (Å²) in [5.74, 6) is 1.43. The fourth-order valence-corrected chi connectivity index (χ4v) is 8.58. The van der Waals surface area contributed by atoms with E-state index in [9.17, 15) is 16.8 Å². The second kappa shape index (κ2) is 16.0. The molecule has 8 aromatic rings. The van der Waals surface area contributed by atoms with Crippen LogP contribution in [0.15, 0.2) is 144 Å². The van der Waals surface area contributed by atoms with Gasteiger partial charge in [0.05, 0.1) is 53.9 Å². The van der Waals surface area contributed by atoms with Gasteiger partial charge in [-0.1, -0.05) is 47.5 Å². The Labute approximate surface area is 335 Å². The summed E-state index contributed by atoms with van der Waals surface area (Å²) in [4.78, 5) is 18.0. The van der Waals surface area contributed by atoms with Crippen LogP contribution >= 0.6 is 0 Å². The highest BCUT2D eigenvalue weighted by molar-refractivity contribution is 7.90. The molecule has 0 aliphatic rings. The highest BCUT2D eigenvalue weighted by Crippen LogP contribution is 2.25. The lowest BCUT2D eigenvalue weighted by molar-refractivity contribution is 0.414. The van der Waals surface area contributed by atoms with Crippen LogP contribution < -0.4 is 15.2 Å². The number of nitrogens with two attached hydrogens (primary N) is 1. The number of nitrogens with zero attached hydrogens (tertiary/aromatic N) is 6. The molecule has 0 bridgehead atoms. The summed E-state index contributed by atoms with van der Waals surface area (Å²) in [6.07, 6.45) is 5.82. The monoisotopic (exact) mass is 814 g/mol. The summed E-state index contributed by atoms with van der Waals surface area (Å²) in [6, 6.07) is 30.5. The highest BCUT2D eigenvalue weighted by atomic mass is 32.2. The molecular formula is C42H38N8O6S2. The molecule has 0 fully saturated rings. The summed E-state index contributed by atoms with van der Waals surface area (Å²) >= 11 is 0. The van der Waals surface area contributed by atoms with Gasteiger partial charge >= 0.3 is 0 Å². The Morgan fingerprint density at radius 2 is 1.07 bits per heavy atom. The third-order valence-corrected chi connectivity index (χ3v) is 12.7. The molecule has 4 aromatic heterocycles. The van der Waals surface area contributed by atoms with Gasteiger partial charge in [0.15, 0.2) is 11.3 Å². The standard InChI is InChI=1S/C21H20N4O3S.C21H18N4O3S/c2*1-14-3-9-17(10-4-14)29(26,27)25-12-11-18-21(25)23-13-19(24-18)20(22)15-5-7-16(28-2)8-6-15/h3-13,20H,22H2,1-2H3;3-13,22H,1-2H3. The molecule has 4 aromatic carbocycles. The van der Waals surface area contributed by atoms with E-state index >= 15 is 0 Å². The maximum atomic E-state index is 13.0. The Kier molecular flexibility index (Phi) is 10.9. The smallest absolute Gasteiger partial charge is 0.269 e. The van der Waals surface area contributed by atoms with Crippen molar-refractivity contribution in [2.75, 3.05) is 14.2 Å². The van der Waals surface area contributed by atoms with Crippen molar-refractivity contribution in [1.29, 1.82) is 5.41 Å². The van der Waals surface area contributed by atoms with E-state index in [2.05, 4.69) is 19.9 Å². The molecule has 294 valence electrons. The maximum Gasteiger partial charge on any atom is 0.269 e. The predicted molar refractivity (Wildman–Crippen MR) is 221 cm³/mol. The van der Waals surface area contributed by atoms with Crippen LogP contribution in [0.2, 0.25) is 0 Å². The van der Waals surface area contributed by atoms with Gasteiger partial charge in [-0.05, 0) is 92.2 Å². The van der Waals surface area contributed by atoms with Gasteiger partial charge in [-0.2, -0.15) is 0 Å². The van der Waals surface area contributed by atoms with Gasteiger partial charge in [0.2, 0.25) is 0 Å². The first-order valence-electron chi connectivity index (χ1n) is 17.8. The molecule has 0 saturated carbocycles. The lowest BCUT2D eigenvalue weighted by atomic mass is 10.1. The van der Waals surface area contributed by atoms with E-state index in [1.54, 1.807) is 99.1 Å². The van der Waals surface area contributed by atoms with Crippen molar-refractivity contribution >= 4 is 48.1 Å². The van der Waals surface area contributed by atoms with E-state index < -0.39 is 26.1 Å². The van der Waals surface area contributed by atoms with Crippen LogP contribution in [0, 0.1) is 19.3 Å². The van der Waals surface area contributed by atoms with Crippen LogP contribution in [-0.2, 0) is 20.0 Å². The Morgan fingerprint density at radius 1 is 0.621 bits per heavy atom. The van der Waals surface area contributed by atoms with E-state index in [0.29, 0.717) is 33.7 Å². The minimum atomic E-state index is -3.79. The number of fused-ring (bicyclic) bond motifs is 2. The third kappa shape index (κ3) is 7.80. The zero-order chi connectivity index (χ0) is 41.2. The highest BCUT2D eigenvalue weighted by Gasteiger charge is 2.23. The van der Waals surface area contributed by atoms with Gasteiger partial charge in [0, 0.05) is 18.0 Å². The lowest BCUT2D eigenvalue weighted by Crippen LogP contribution is -2.15. The van der Waals surface area contributed by atoms with Crippen LogP contribution in [-0.4, -0.2) is 64.6 Å². The maximum absolute atomic E-state index is 13.0. The first-order chi connectivity index (χ1) is 27.8. The van der Waals surface area contributed by atoms with Crippen LogP contribution in [0.3, 0.4) is 0 Å². The van der Waals surface area contributed by atoms with E-state index in [0.717, 1.165) is 30.4 Å². The molecule has 0 radical (unpaired) electrons. The first kappa shape index (κ1) is 39.5. The molecule has 4 heterocycles. The number of hydrogen-bond acceptors (Lipinski definition) is 12. The van der Waals surface area contributed by atoms with Crippen molar-refractivity contribution in [3.8, 4) is 11.5 Å². The second-order valence-corrected chi connectivity index (χ2v) is 16.8. The van der Waals surface area contributed by atoms with E-state index in [1.807, 2.05) is 38.1 Å². The van der Waals surface area contributed by atoms with Gasteiger partial charge in [-0.15, -0.1) is 0 Å². The largest absolute Gasteiger partial charge is 0.497 e.